The van der Waals surface area contributed by atoms with E-state index >= 15 is 0 Å². The predicted octanol–water partition coefficient (Wildman–Crippen LogP) is 0.655. The largest absolute Gasteiger partial charge is 0.480 e. The Morgan fingerprint density at radius 3 is 2.93 bits per heavy atom. The molecule has 1 rings (SSSR count). The van der Waals surface area contributed by atoms with Crippen LogP contribution in [0, 0.1) is 0 Å². The zero-order valence-electron chi connectivity index (χ0n) is 8.32. The third-order valence-electron chi connectivity index (χ3n) is 2.37. The van der Waals surface area contributed by atoms with Gasteiger partial charge in [-0.3, -0.25) is 0 Å². The molecule has 0 aromatic heterocycles. The highest BCUT2D eigenvalue weighted by Crippen LogP contribution is 2.09. The van der Waals surface area contributed by atoms with Gasteiger partial charge in [-0.25, -0.2) is 9.59 Å². The number of urea groups is 1. The van der Waals surface area contributed by atoms with Gasteiger partial charge >= 0.3 is 12.0 Å². The molecule has 0 bridgehead atoms. The number of hydrogen-bond donors (Lipinski definition) is 2. The van der Waals surface area contributed by atoms with Crippen LogP contribution in [0.4, 0.5) is 4.79 Å². The molecule has 0 saturated carbocycles. The van der Waals surface area contributed by atoms with Crippen molar-refractivity contribution in [2.24, 2.45) is 0 Å². The maximum atomic E-state index is 11.2. The zero-order chi connectivity index (χ0) is 10.6. The Hall–Kier alpha value is -1.26. The number of nitrogens with one attached hydrogen (secondary N) is 1. The van der Waals surface area contributed by atoms with Gasteiger partial charge < -0.3 is 15.3 Å². The number of rotatable bonds is 5. The Morgan fingerprint density at radius 2 is 2.36 bits per heavy atom. The summed E-state index contributed by atoms with van der Waals surface area (Å²) < 4.78 is 0. The number of carbonyl (C=O) groups is 2. The highest BCUT2D eigenvalue weighted by molar-refractivity contribution is 5.86. The Bertz CT molecular complexity index is 230. The fraction of sp³-hybridized carbons (Fsp3) is 0.778. The minimum Gasteiger partial charge on any atom is -0.480 e. The molecule has 0 aliphatic carbocycles. The van der Waals surface area contributed by atoms with Gasteiger partial charge in [0.15, 0.2) is 0 Å². The van der Waals surface area contributed by atoms with E-state index in [-0.39, 0.29) is 12.6 Å². The van der Waals surface area contributed by atoms with Crippen molar-refractivity contribution in [2.45, 2.75) is 32.2 Å². The minimum absolute atomic E-state index is 0.223. The second kappa shape index (κ2) is 4.83. The summed E-state index contributed by atoms with van der Waals surface area (Å²) in [5.41, 5.74) is 0. The van der Waals surface area contributed by atoms with Gasteiger partial charge in [0.2, 0.25) is 0 Å². The number of carboxylic acid groups (broad SMARTS) is 1. The van der Waals surface area contributed by atoms with Crippen molar-refractivity contribution in [1.82, 2.24) is 10.2 Å². The first-order valence-corrected chi connectivity index (χ1v) is 4.94. The number of nitrogens with zero attached hydrogens (tertiary/aromatic N) is 1. The fourth-order valence-corrected chi connectivity index (χ4v) is 1.55. The standard InChI is InChI=1S/C9H16N2O3/c1-2-3-4-5-11-7(8(12)13)6-10-9(11)14/h7H,2-6H2,1H3,(H,10,14)(H,12,13). The average Bonchev–Trinajstić information content (AvgIpc) is 2.48. The van der Waals surface area contributed by atoms with Crippen LogP contribution in [0.2, 0.25) is 0 Å². The number of unbranched alkanes of at least 4 members (excludes halogenated alkanes) is 2. The number of carboxylic acids is 1. The van der Waals surface area contributed by atoms with E-state index in [1.54, 1.807) is 0 Å². The summed E-state index contributed by atoms with van der Waals surface area (Å²) in [4.78, 5) is 23.4. The molecule has 1 heterocycles. The highest BCUT2D eigenvalue weighted by Gasteiger charge is 2.35. The van der Waals surface area contributed by atoms with Crippen LogP contribution in [-0.2, 0) is 4.79 Å². The van der Waals surface area contributed by atoms with Gasteiger partial charge in [-0.2, -0.15) is 0 Å². The molecule has 1 aliphatic rings. The van der Waals surface area contributed by atoms with Gasteiger partial charge in [0.1, 0.15) is 6.04 Å². The lowest BCUT2D eigenvalue weighted by Crippen LogP contribution is -2.40. The van der Waals surface area contributed by atoms with Crippen molar-refractivity contribution in [3.63, 3.8) is 0 Å². The number of amides is 2. The number of aliphatic carboxylic acids is 1. The summed E-state index contributed by atoms with van der Waals surface area (Å²) in [5.74, 6) is -0.931. The number of carbonyl (C=O) groups excluding carboxylic acids is 1. The van der Waals surface area contributed by atoms with E-state index in [1.165, 1.54) is 4.90 Å². The molecule has 2 N–H and O–H groups in total. The van der Waals surface area contributed by atoms with Crippen molar-refractivity contribution in [2.75, 3.05) is 13.1 Å². The van der Waals surface area contributed by atoms with Crippen LogP contribution in [0.25, 0.3) is 0 Å². The SMILES string of the molecule is CCCCCN1C(=O)NCC1C(=O)O. The molecule has 5 nitrogen and oxygen atoms in total. The molecule has 1 atom stereocenters. The van der Waals surface area contributed by atoms with E-state index < -0.39 is 12.0 Å². The topological polar surface area (TPSA) is 69.6 Å². The smallest absolute Gasteiger partial charge is 0.328 e. The van der Waals surface area contributed by atoms with Crippen LogP contribution in [0.3, 0.4) is 0 Å². The molecule has 0 radical (unpaired) electrons. The monoisotopic (exact) mass is 200 g/mol. The zero-order valence-corrected chi connectivity index (χ0v) is 8.32. The first-order chi connectivity index (χ1) is 6.66. The van der Waals surface area contributed by atoms with Crippen LogP contribution in [0.1, 0.15) is 26.2 Å². The normalized spacial score (nSPS) is 21.1. The van der Waals surface area contributed by atoms with E-state index in [1.807, 2.05) is 0 Å². The molecule has 0 spiro atoms. The van der Waals surface area contributed by atoms with Gasteiger partial charge in [-0.05, 0) is 6.42 Å². The molecule has 2 amide bonds. The molecule has 1 saturated heterocycles. The Kier molecular flexibility index (Phi) is 3.73. The molecule has 80 valence electrons. The highest BCUT2D eigenvalue weighted by atomic mass is 16.4. The Labute approximate surface area is 83.1 Å². The van der Waals surface area contributed by atoms with E-state index in [0.717, 1.165) is 19.3 Å². The molecule has 5 heteroatoms. The van der Waals surface area contributed by atoms with Crippen molar-refractivity contribution < 1.29 is 14.7 Å². The molecule has 14 heavy (non-hydrogen) atoms. The summed E-state index contributed by atoms with van der Waals surface area (Å²) in [7, 11) is 0. The van der Waals surface area contributed by atoms with Crippen LogP contribution in [0.5, 0.6) is 0 Å². The van der Waals surface area contributed by atoms with Crippen LogP contribution >= 0.6 is 0 Å². The van der Waals surface area contributed by atoms with Crippen LogP contribution < -0.4 is 5.32 Å². The van der Waals surface area contributed by atoms with Crippen molar-refractivity contribution in [3.05, 3.63) is 0 Å². The first-order valence-electron chi connectivity index (χ1n) is 4.94. The van der Waals surface area contributed by atoms with Crippen molar-refractivity contribution in [3.8, 4) is 0 Å². The summed E-state index contributed by atoms with van der Waals surface area (Å²) >= 11 is 0. The minimum atomic E-state index is -0.931. The van der Waals surface area contributed by atoms with Gasteiger partial charge in [0.05, 0.1) is 6.54 Å². The lowest BCUT2D eigenvalue weighted by atomic mass is 10.2. The summed E-state index contributed by atoms with van der Waals surface area (Å²) in [6.45, 7) is 2.83. The summed E-state index contributed by atoms with van der Waals surface area (Å²) in [6.07, 6.45) is 2.96. The first kappa shape index (κ1) is 10.8. The molecule has 0 aromatic rings. The Balaban J connectivity index is 2.45. The molecule has 0 aromatic carbocycles. The predicted molar refractivity (Wildman–Crippen MR) is 51.1 cm³/mol. The van der Waals surface area contributed by atoms with E-state index in [4.69, 9.17) is 5.11 Å². The molecule has 1 aliphatic heterocycles. The maximum Gasteiger partial charge on any atom is 0.328 e. The van der Waals surface area contributed by atoms with Crippen LogP contribution in [-0.4, -0.2) is 41.1 Å². The third-order valence-corrected chi connectivity index (χ3v) is 2.37. The van der Waals surface area contributed by atoms with Crippen molar-refractivity contribution in [1.29, 1.82) is 0 Å². The third kappa shape index (κ3) is 2.37. The second-order valence-corrected chi connectivity index (χ2v) is 3.44. The summed E-state index contributed by atoms with van der Waals surface area (Å²) in [5, 5.41) is 11.4. The lowest BCUT2D eigenvalue weighted by molar-refractivity contribution is -0.141. The second-order valence-electron chi connectivity index (χ2n) is 3.44. The van der Waals surface area contributed by atoms with Gasteiger partial charge in [-0.15, -0.1) is 0 Å². The van der Waals surface area contributed by atoms with E-state index in [2.05, 4.69) is 12.2 Å². The van der Waals surface area contributed by atoms with E-state index in [9.17, 15) is 9.59 Å². The fourth-order valence-electron chi connectivity index (χ4n) is 1.55. The quantitative estimate of drug-likeness (QED) is 0.640. The van der Waals surface area contributed by atoms with Crippen LogP contribution in [0.15, 0.2) is 0 Å². The Morgan fingerprint density at radius 1 is 1.64 bits per heavy atom. The molecule has 1 fully saturated rings. The molecular formula is C9H16N2O3. The molecular weight excluding hydrogens is 184 g/mol. The average molecular weight is 200 g/mol. The van der Waals surface area contributed by atoms with Gasteiger partial charge in [0.25, 0.3) is 0 Å². The van der Waals surface area contributed by atoms with Gasteiger partial charge in [0, 0.05) is 6.54 Å². The molecule has 1 unspecified atom stereocenters. The maximum absolute atomic E-state index is 11.2. The number of hydrogen-bond acceptors (Lipinski definition) is 2. The van der Waals surface area contributed by atoms with Gasteiger partial charge in [-0.1, -0.05) is 19.8 Å². The van der Waals surface area contributed by atoms with E-state index in [0.29, 0.717) is 6.54 Å². The summed E-state index contributed by atoms with van der Waals surface area (Å²) in [6, 6.07) is -0.937. The lowest BCUT2D eigenvalue weighted by Gasteiger charge is -2.19. The van der Waals surface area contributed by atoms with Crippen molar-refractivity contribution >= 4 is 12.0 Å².